The largest absolute Gasteiger partial charge is 0.369 e. The maximum absolute atomic E-state index is 5.92. The topological polar surface area (TPSA) is 46.1 Å². The van der Waals surface area contributed by atoms with Crippen LogP contribution in [0, 0.1) is 4.77 Å². The molecule has 0 amide bonds. The molecule has 1 saturated heterocycles. The van der Waals surface area contributed by atoms with Gasteiger partial charge in [-0.3, -0.25) is 4.57 Å². The molecular weight excluding hydrogens is 248 g/mol. The molecule has 1 aromatic heterocycles. The van der Waals surface area contributed by atoms with Gasteiger partial charge in [-0.1, -0.05) is 0 Å². The minimum Gasteiger partial charge on any atom is -0.369 e. The first-order valence-corrected chi connectivity index (χ1v) is 6.80. The number of nitrogens with one attached hydrogen (secondary N) is 1. The van der Waals surface area contributed by atoms with Gasteiger partial charge in [0.15, 0.2) is 4.77 Å². The van der Waals surface area contributed by atoms with E-state index in [9.17, 15) is 0 Å². The van der Waals surface area contributed by atoms with E-state index in [1.807, 2.05) is 0 Å². The smallest absolute Gasteiger partial charge is 0.226 e. The summed E-state index contributed by atoms with van der Waals surface area (Å²) >= 11 is 5.29. The van der Waals surface area contributed by atoms with Crippen molar-refractivity contribution in [1.29, 1.82) is 0 Å². The molecule has 0 aromatic carbocycles. The molecule has 1 fully saturated rings. The van der Waals surface area contributed by atoms with Crippen molar-refractivity contribution in [1.82, 2.24) is 14.8 Å². The van der Waals surface area contributed by atoms with Gasteiger partial charge in [-0.25, -0.2) is 5.10 Å². The Morgan fingerprint density at radius 1 is 1.50 bits per heavy atom. The molecular formula is C12H22N4OS. The van der Waals surface area contributed by atoms with E-state index < -0.39 is 0 Å². The summed E-state index contributed by atoms with van der Waals surface area (Å²) in [4.78, 5) is 2.25. The fourth-order valence-corrected chi connectivity index (χ4v) is 2.93. The highest BCUT2D eigenvalue weighted by Crippen LogP contribution is 2.26. The molecule has 1 atom stereocenters. The van der Waals surface area contributed by atoms with E-state index in [4.69, 9.17) is 17.0 Å². The standard InChI is InChI=1S/C12H22N4OS/c1-8(2)16-10(13-14-11(16)18)15-6-9(3)17-12(4,5)7-15/h8-9H,6-7H2,1-5H3,(H,14,18). The average molecular weight is 270 g/mol. The molecule has 0 aliphatic carbocycles. The number of aromatic amines is 1. The van der Waals surface area contributed by atoms with Crippen molar-refractivity contribution in [2.24, 2.45) is 0 Å². The van der Waals surface area contributed by atoms with Crippen molar-refractivity contribution in [3.8, 4) is 0 Å². The highest BCUT2D eigenvalue weighted by atomic mass is 32.1. The van der Waals surface area contributed by atoms with Gasteiger partial charge in [0.2, 0.25) is 5.95 Å². The van der Waals surface area contributed by atoms with E-state index in [1.165, 1.54) is 0 Å². The minimum atomic E-state index is -0.160. The normalized spacial score (nSPS) is 23.7. The van der Waals surface area contributed by atoms with Crippen LogP contribution in [0.2, 0.25) is 0 Å². The predicted octanol–water partition coefficient (Wildman–Crippen LogP) is 2.53. The first kappa shape index (κ1) is 13.5. The summed E-state index contributed by atoms with van der Waals surface area (Å²) in [7, 11) is 0. The Kier molecular flexibility index (Phi) is 3.51. The van der Waals surface area contributed by atoms with Crippen molar-refractivity contribution in [2.75, 3.05) is 18.0 Å². The van der Waals surface area contributed by atoms with Crippen LogP contribution in [0.25, 0.3) is 0 Å². The molecule has 0 bridgehead atoms. The second-order valence-corrected chi connectivity index (χ2v) is 6.25. The molecule has 2 heterocycles. The first-order valence-electron chi connectivity index (χ1n) is 6.40. The third kappa shape index (κ3) is 2.59. The lowest BCUT2D eigenvalue weighted by Gasteiger charge is -2.42. The number of hydrogen-bond acceptors (Lipinski definition) is 4. The molecule has 102 valence electrons. The number of nitrogens with zero attached hydrogens (tertiary/aromatic N) is 3. The molecule has 6 heteroatoms. The summed E-state index contributed by atoms with van der Waals surface area (Å²) in [6.45, 7) is 12.2. The van der Waals surface area contributed by atoms with Gasteiger partial charge in [-0.05, 0) is 46.8 Å². The van der Waals surface area contributed by atoms with Crippen LogP contribution in [0.4, 0.5) is 5.95 Å². The number of anilines is 1. The monoisotopic (exact) mass is 270 g/mol. The zero-order valence-electron chi connectivity index (χ0n) is 11.7. The first-order chi connectivity index (χ1) is 8.30. The number of ether oxygens (including phenoxy) is 1. The second-order valence-electron chi connectivity index (χ2n) is 5.86. The van der Waals surface area contributed by atoms with Gasteiger partial charge in [0, 0.05) is 19.1 Å². The summed E-state index contributed by atoms with van der Waals surface area (Å²) in [5, 5.41) is 7.27. The average Bonchev–Trinajstić information content (AvgIpc) is 2.56. The van der Waals surface area contributed by atoms with Gasteiger partial charge in [0.1, 0.15) is 0 Å². The number of hydrogen-bond donors (Lipinski definition) is 1. The molecule has 1 aromatic rings. The quantitative estimate of drug-likeness (QED) is 0.839. The zero-order valence-corrected chi connectivity index (χ0v) is 12.5. The maximum Gasteiger partial charge on any atom is 0.226 e. The van der Waals surface area contributed by atoms with Gasteiger partial charge < -0.3 is 9.64 Å². The van der Waals surface area contributed by atoms with E-state index in [-0.39, 0.29) is 11.7 Å². The maximum atomic E-state index is 5.92. The Hall–Kier alpha value is -0.880. The molecule has 1 aliphatic heterocycles. The van der Waals surface area contributed by atoms with E-state index >= 15 is 0 Å². The fraction of sp³-hybridized carbons (Fsp3) is 0.833. The predicted molar refractivity (Wildman–Crippen MR) is 74.6 cm³/mol. The Morgan fingerprint density at radius 3 is 2.72 bits per heavy atom. The van der Waals surface area contributed by atoms with Crippen LogP contribution in [-0.2, 0) is 4.74 Å². The van der Waals surface area contributed by atoms with Crippen molar-refractivity contribution >= 4 is 18.2 Å². The van der Waals surface area contributed by atoms with Crippen LogP contribution in [0.5, 0.6) is 0 Å². The number of aromatic nitrogens is 3. The third-order valence-electron chi connectivity index (χ3n) is 3.05. The SMILES string of the molecule is CC1CN(c2n[nH]c(=S)n2C(C)C)CC(C)(C)O1. The number of H-pyrrole nitrogens is 1. The van der Waals surface area contributed by atoms with E-state index in [2.05, 4.69) is 54.3 Å². The van der Waals surface area contributed by atoms with Gasteiger partial charge in [0.25, 0.3) is 0 Å². The Labute approximate surface area is 113 Å². The van der Waals surface area contributed by atoms with E-state index in [0.717, 1.165) is 19.0 Å². The van der Waals surface area contributed by atoms with E-state index in [1.54, 1.807) is 0 Å². The Morgan fingerprint density at radius 2 is 2.17 bits per heavy atom. The number of morpholine rings is 1. The summed E-state index contributed by atoms with van der Waals surface area (Å²) < 4.78 is 8.65. The molecule has 0 radical (unpaired) electrons. The van der Waals surface area contributed by atoms with Crippen molar-refractivity contribution < 1.29 is 4.74 Å². The van der Waals surface area contributed by atoms with Gasteiger partial charge >= 0.3 is 0 Å². The lowest BCUT2D eigenvalue weighted by atomic mass is 10.1. The molecule has 0 spiro atoms. The highest BCUT2D eigenvalue weighted by Gasteiger charge is 2.33. The van der Waals surface area contributed by atoms with Crippen LogP contribution in [0.3, 0.4) is 0 Å². The Bertz CT molecular complexity index is 477. The molecule has 0 saturated carbocycles. The minimum absolute atomic E-state index is 0.160. The molecule has 1 N–H and O–H groups in total. The van der Waals surface area contributed by atoms with Crippen molar-refractivity contribution in [3.05, 3.63) is 4.77 Å². The molecule has 1 unspecified atom stereocenters. The van der Waals surface area contributed by atoms with Crippen LogP contribution < -0.4 is 4.90 Å². The van der Waals surface area contributed by atoms with Crippen LogP contribution in [0.15, 0.2) is 0 Å². The summed E-state index contributed by atoms with van der Waals surface area (Å²) in [5.74, 6) is 0.915. The fourth-order valence-electron chi connectivity index (χ4n) is 2.59. The van der Waals surface area contributed by atoms with Crippen LogP contribution in [0.1, 0.15) is 40.7 Å². The van der Waals surface area contributed by atoms with Crippen molar-refractivity contribution in [2.45, 2.75) is 52.4 Å². The molecule has 18 heavy (non-hydrogen) atoms. The lowest BCUT2D eigenvalue weighted by molar-refractivity contribution is -0.0755. The van der Waals surface area contributed by atoms with Gasteiger partial charge in [-0.15, -0.1) is 5.10 Å². The van der Waals surface area contributed by atoms with Gasteiger partial charge in [-0.2, -0.15) is 0 Å². The third-order valence-corrected chi connectivity index (χ3v) is 3.34. The summed E-state index contributed by atoms with van der Waals surface area (Å²) in [6, 6.07) is 0.299. The molecule has 1 aliphatic rings. The summed E-state index contributed by atoms with van der Waals surface area (Å²) in [6.07, 6.45) is 0.194. The highest BCUT2D eigenvalue weighted by molar-refractivity contribution is 7.71. The Balaban J connectivity index is 2.34. The number of rotatable bonds is 2. The second kappa shape index (κ2) is 4.66. The van der Waals surface area contributed by atoms with Gasteiger partial charge in [0.05, 0.1) is 11.7 Å². The van der Waals surface area contributed by atoms with E-state index in [0.29, 0.717) is 10.8 Å². The van der Waals surface area contributed by atoms with Crippen LogP contribution in [-0.4, -0.2) is 39.6 Å². The molecule has 2 rings (SSSR count). The summed E-state index contributed by atoms with van der Waals surface area (Å²) in [5.41, 5.74) is -0.160. The van der Waals surface area contributed by atoms with Crippen molar-refractivity contribution in [3.63, 3.8) is 0 Å². The molecule has 5 nitrogen and oxygen atoms in total. The lowest BCUT2D eigenvalue weighted by Crippen LogP contribution is -2.52. The zero-order chi connectivity index (χ0) is 13.5. The van der Waals surface area contributed by atoms with Crippen LogP contribution >= 0.6 is 12.2 Å².